The Morgan fingerprint density at radius 3 is 2.69 bits per heavy atom. The average Bonchev–Trinajstić information content (AvgIpc) is 2.97. The van der Waals surface area contributed by atoms with Crippen LogP contribution in [0.15, 0.2) is 36.7 Å². The zero-order valence-electron chi connectivity index (χ0n) is 14.1. The van der Waals surface area contributed by atoms with Gasteiger partial charge in [-0.1, -0.05) is 17.7 Å². The summed E-state index contributed by atoms with van der Waals surface area (Å²) in [6, 6.07) is 8.65. The number of hydrogen-bond acceptors (Lipinski definition) is 5. The Balaban J connectivity index is 2.35. The molecule has 0 saturated carbocycles. The van der Waals surface area contributed by atoms with Crippen molar-refractivity contribution in [2.24, 2.45) is 5.73 Å². The fourth-order valence-electron chi connectivity index (χ4n) is 2.93. The summed E-state index contributed by atoms with van der Waals surface area (Å²) in [5.74, 6) is -0.285. The molecule has 0 bridgehead atoms. The molecule has 0 aliphatic carbocycles. The predicted octanol–water partition coefficient (Wildman–Crippen LogP) is 2.25. The summed E-state index contributed by atoms with van der Waals surface area (Å²) in [6.45, 7) is 2.02. The number of aliphatic hydroxyl groups is 1. The van der Waals surface area contributed by atoms with E-state index in [-0.39, 0.29) is 13.2 Å². The number of nitrogens with zero attached hydrogens (tertiary/aromatic N) is 3. The molecule has 0 aliphatic rings. The SMILES string of the molecule is Cc1ccc(Cl)cc1-c1c(C(N)=O)cc(-c2cc(N)ncn2)n1CCO. The van der Waals surface area contributed by atoms with E-state index in [0.29, 0.717) is 33.5 Å². The quantitative estimate of drug-likeness (QED) is 0.635. The van der Waals surface area contributed by atoms with Gasteiger partial charge in [-0.2, -0.15) is 0 Å². The molecular formula is C18H18ClN5O2. The van der Waals surface area contributed by atoms with Crippen LogP contribution in [0.1, 0.15) is 15.9 Å². The molecule has 7 nitrogen and oxygen atoms in total. The number of carbonyl (C=O) groups is 1. The van der Waals surface area contributed by atoms with Gasteiger partial charge in [-0.05, 0) is 30.7 Å². The van der Waals surface area contributed by atoms with Crippen LogP contribution in [0.4, 0.5) is 5.82 Å². The van der Waals surface area contributed by atoms with Crippen LogP contribution >= 0.6 is 11.6 Å². The summed E-state index contributed by atoms with van der Waals surface area (Å²) < 4.78 is 1.79. The number of rotatable bonds is 5. The van der Waals surface area contributed by atoms with Crippen LogP contribution in [0.3, 0.4) is 0 Å². The molecule has 134 valence electrons. The molecule has 8 heteroatoms. The number of aromatic nitrogens is 3. The highest BCUT2D eigenvalue weighted by Gasteiger charge is 2.23. The molecule has 0 fully saturated rings. The summed E-state index contributed by atoms with van der Waals surface area (Å²) in [7, 11) is 0. The fraction of sp³-hybridized carbons (Fsp3) is 0.167. The molecule has 2 aromatic heterocycles. The maximum absolute atomic E-state index is 12.1. The molecule has 3 rings (SSSR count). The van der Waals surface area contributed by atoms with Gasteiger partial charge in [0.2, 0.25) is 0 Å². The Labute approximate surface area is 155 Å². The third kappa shape index (κ3) is 3.26. The second-order valence-electron chi connectivity index (χ2n) is 5.82. The van der Waals surface area contributed by atoms with Gasteiger partial charge in [-0.3, -0.25) is 4.79 Å². The van der Waals surface area contributed by atoms with Crippen molar-refractivity contribution in [2.75, 3.05) is 12.3 Å². The molecule has 0 radical (unpaired) electrons. The average molecular weight is 372 g/mol. The number of primary amides is 1. The van der Waals surface area contributed by atoms with Gasteiger partial charge in [0.1, 0.15) is 12.1 Å². The Kier molecular flexibility index (Phi) is 4.92. The van der Waals surface area contributed by atoms with Crippen molar-refractivity contribution in [3.05, 3.63) is 52.8 Å². The van der Waals surface area contributed by atoms with E-state index in [2.05, 4.69) is 9.97 Å². The fourth-order valence-corrected chi connectivity index (χ4v) is 3.11. The number of anilines is 1. The summed E-state index contributed by atoms with van der Waals surface area (Å²) in [6.07, 6.45) is 1.34. The highest BCUT2D eigenvalue weighted by molar-refractivity contribution is 6.31. The van der Waals surface area contributed by atoms with Crippen LogP contribution < -0.4 is 11.5 Å². The zero-order chi connectivity index (χ0) is 18.8. The summed E-state index contributed by atoms with van der Waals surface area (Å²) in [5.41, 5.74) is 15.1. The number of amides is 1. The lowest BCUT2D eigenvalue weighted by Gasteiger charge is -2.15. The van der Waals surface area contributed by atoms with Crippen molar-refractivity contribution >= 4 is 23.3 Å². The van der Waals surface area contributed by atoms with E-state index < -0.39 is 5.91 Å². The lowest BCUT2D eigenvalue weighted by atomic mass is 10.0. The number of benzene rings is 1. The Hall–Kier alpha value is -2.90. The van der Waals surface area contributed by atoms with Crippen molar-refractivity contribution < 1.29 is 9.90 Å². The lowest BCUT2D eigenvalue weighted by Crippen LogP contribution is -2.13. The van der Waals surface area contributed by atoms with E-state index in [4.69, 9.17) is 23.1 Å². The molecule has 3 aromatic rings. The van der Waals surface area contributed by atoms with Crippen molar-refractivity contribution in [3.63, 3.8) is 0 Å². The van der Waals surface area contributed by atoms with Crippen molar-refractivity contribution in [1.29, 1.82) is 0 Å². The first-order valence-corrected chi connectivity index (χ1v) is 8.28. The lowest BCUT2D eigenvalue weighted by molar-refractivity contribution is 0.100. The van der Waals surface area contributed by atoms with E-state index in [1.165, 1.54) is 6.33 Å². The smallest absolute Gasteiger partial charge is 0.250 e. The van der Waals surface area contributed by atoms with E-state index >= 15 is 0 Å². The second-order valence-corrected chi connectivity index (χ2v) is 6.26. The molecule has 2 heterocycles. The zero-order valence-corrected chi connectivity index (χ0v) is 14.9. The molecule has 0 spiro atoms. The first-order chi connectivity index (χ1) is 12.4. The predicted molar refractivity (Wildman–Crippen MR) is 101 cm³/mol. The third-order valence-corrected chi connectivity index (χ3v) is 4.33. The van der Waals surface area contributed by atoms with Gasteiger partial charge in [0, 0.05) is 23.2 Å². The molecule has 26 heavy (non-hydrogen) atoms. The van der Waals surface area contributed by atoms with Crippen LogP contribution in [0, 0.1) is 6.92 Å². The molecular weight excluding hydrogens is 354 g/mol. The number of carbonyl (C=O) groups excluding carboxylic acids is 1. The number of aliphatic hydroxyl groups excluding tert-OH is 1. The molecule has 0 aliphatic heterocycles. The van der Waals surface area contributed by atoms with E-state index in [1.54, 1.807) is 28.8 Å². The molecule has 0 unspecified atom stereocenters. The number of nitrogens with two attached hydrogens (primary N) is 2. The van der Waals surface area contributed by atoms with Gasteiger partial charge < -0.3 is 21.1 Å². The van der Waals surface area contributed by atoms with E-state index in [0.717, 1.165) is 11.1 Å². The first kappa shape index (κ1) is 17.9. The van der Waals surface area contributed by atoms with E-state index in [9.17, 15) is 9.90 Å². The van der Waals surface area contributed by atoms with Gasteiger partial charge in [0.25, 0.3) is 5.91 Å². The highest BCUT2D eigenvalue weighted by Crippen LogP contribution is 2.35. The Morgan fingerprint density at radius 1 is 1.27 bits per heavy atom. The molecule has 0 saturated heterocycles. The van der Waals surface area contributed by atoms with Gasteiger partial charge >= 0.3 is 0 Å². The maximum Gasteiger partial charge on any atom is 0.250 e. The van der Waals surface area contributed by atoms with E-state index in [1.807, 2.05) is 13.0 Å². The molecule has 5 N–H and O–H groups in total. The van der Waals surface area contributed by atoms with Crippen molar-refractivity contribution in [2.45, 2.75) is 13.5 Å². The number of nitrogen functional groups attached to an aromatic ring is 1. The minimum Gasteiger partial charge on any atom is -0.395 e. The van der Waals surface area contributed by atoms with Gasteiger partial charge in [0.15, 0.2) is 0 Å². The van der Waals surface area contributed by atoms with Gasteiger partial charge in [0.05, 0.1) is 29.3 Å². The third-order valence-electron chi connectivity index (χ3n) is 4.09. The maximum atomic E-state index is 12.1. The summed E-state index contributed by atoms with van der Waals surface area (Å²) in [5, 5.41) is 10.1. The normalized spacial score (nSPS) is 10.9. The molecule has 1 amide bonds. The monoisotopic (exact) mass is 371 g/mol. The summed E-state index contributed by atoms with van der Waals surface area (Å²) in [4.78, 5) is 20.2. The van der Waals surface area contributed by atoms with Gasteiger partial charge in [-0.15, -0.1) is 0 Å². The number of halogens is 1. The first-order valence-electron chi connectivity index (χ1n) is 7.91. The van der Waals surface area contributed by atoms with Gasteiger partial charge in [-0.25, -0.2) is 9.97 Å². The molecule has 0 atom stereocenters. The summed E-state index contributed by atoms with van der Waals surface area (Å²) >= 11 is 6.16. The Morgan fingerprint density at radius 2 is 2.04 bits per heavy atom. The number of hydrogen-bond donors (Lipinski definition) is 3. The Bertz CT molecular complexity index is 984. The number of aryl methyl sites for hydroxylation is 1. The van der Waals surface area contributed by atoms with Crippen molar-refractivity contribution in [1.82, 2.24) is 14.5 Å². The van der Waals surface area contributed by atoms with Crippen LogP contribution in [0.2, 0.25) is 5.02 Å². The topological polar surface area (TPSA) is 120 Å². The van der Waals surface area contributed by atoms with Crippen LogP contribution in [0.5, 0.6) is 0 Å². The van der Waals surface area contributed by atoms with Crippen LogP contribution in [0.25, 0.3) is 22.6 Å². The second kappa shape index (κ2) is 7.15. The van der Waals surface area contributed by atoms with Crippen LogP contribution in [-0.4, -0.2) is 32.2 Å². The minimum absolute atomic E-state index is 0.132. The largest absolute Gasteiger partial charge is 0.395 e. The highest BCUT2D eigenvalue weighted by atomic mass is 35.5. The van der Waals surface area contributed by atoms with Crippen LogP contribution in [-0.2, 0) is 6.54 Å². The minimum atomic E-state index is -0.584. The standard InChI is InChI=1S/C18H18ClN5O2/c1-10-2-3-11(19)6-12(10)17-13(18(21)26)7-15(24(17)4-5-25)14-8-16(20)23-9-22-14/h2-3,6-9,25H,4-5H2,1H3,(H2,21,26)(H2,20,22,23). The molecule has 1 aromatic carbocycles. The van der Waals surface area contributed by atoms with Crippen molar-refractivity contribution in [3.8, 4) is 22.6 Å².